The van der Waals surface area contributed by atoms with Gasteiger partial charge in [-0.2, -0.15) is 0 Å². The van der Waals surface area contributed by atoms with E-state index >= 15 is 0 Å². The lowest BCUT2D eigenvalue weighted by molar-refractivity contribution is -0.131. The van der Waals surface area contributed by atoms with Crippen LogP contribution in [0.4, 0.5) is 0 Å². The van der Waals surface area contributed by atoms with Crippen molar-refractivity contribution in [2.24, 2.45) is 0 Å². The first kappa shape index (κ1) is 13.8. The topological polar surface area (TPSA) is 38.8 Å². The Hall–Kier alpha value is -0.650. The largest absolute Gasteiger partial charge is 0.339 e. The molecule has 0 aliphatic carbocycles. The lowest BCUT2D eigenvalue weighted by atomic mass is 10.3. The number of rotatable bonds is 5. The van der Waals surface area contributed by atoms with E-state index in [0.29, 0.717) is 6.54 Å². The highest BCUT2D eigenvalue weighted by Gasteiger charge is 2.18. The van der Waals surface area contributed by atoms with E-state index in [9.17, 15) is 4.79 Å². The number of amides is 1. The molecule has 0 aromatic heterocycles. The summed E-state index contributed by atoms with van der Waals surface area (Å²) in [6, 6.07) is 0. The Balaban J connectivity index is 1.54. The van der Waals surface area contributed by atoms with Gasteiger partial charge in [-0.1, -0.05) is 0 Å². The molecule has 0 spiro atoms. The monoisotopic (exact) mass is 254 g/mol. The van der Waals surface area contributed by atoms with Gasteiger partial charge in [0, 0.05) is 39.3 Å². The van der Waals surface area contributed by atoms with Gasteiger partial charge in [0.25, 0.3) is 0 Å². The SMILES string of the molecule is CN1CCN(C(=O)CNCCN2CCCC2)CC1. The lowest BCUT2D eigenvalue weighted by Crippen LogP contribution is -2.49. The average molecular weight is 254 g/mol. The molecular formula is C13H26N4O. The zero-order valence-corrected chi connectivity index (χ0v) is 11.5. The van der Waals surface area contributed by atoms with Gasteiger partial charge in [-0.3, -0.25) is 4.79 Å². The Kier molecular flexibility index (Phi) is 5.41. The van der Waals surface area contributed by atoms with Gasteiger partial charge in [0.05, 0.1) is 6.54 Å². The zero-order chi connectivity index (χ0) is 12.8. The fraction of sp³-hybridized carbons (Fsp3) is 0.923. The van der Waals surface area contributed by atoms with Crippen molar-refractivity contribution in [2.45, 2.75) is 12.8 Å². The molecule has 2 heterocycles. The molecule has 1 amide bonds. The predicted octanol–water partition coefficient (Wildman–Crippen LogP) is -0.554. The molecule has 2 saturated heterocycles. The minimum Gasteiger partial charge on any atom is -0.339 e. The first-order valence-electron chi connectivity index (χ1n) is 7.15. The normalized spacial score (nSPS) is 22.6. The Bertz CT molecular complexity index is 258. The van der Waals surface area contributed by atoms with Gasteiger partial charge in [0.1, 0.15) is 0 Å². The van der Waals surface area contributed by atoms with Crippen LogP contribution in [0.2, 0.25) is 0 Å². The molecular weight excluding hydrogens is 228 g/mol. The average Bonchev–Trinajstić information content (AvgIpc) is 2.88. The molecule has 0 radical (unpaired) electrons. The summed E-state index contributed by atoms with van der Waals surface area (Å²) < 4.78 is 0. The van der Waals surface area contributed by atoms with Crippen LogP contribution in [-0.2, 0) is 4.79 Å². The summed E-state index contributed by atoms with van der Waals surface area (Å²) in [6.45, 7) is 8.72. The molecule has 0 aromatic rings. The summed E-state index contributed by atoms with van der Waals surface area (Å²) in [5, 5.41) is 3.27. The van der Waals surface area contributed by atoms with Crippen LogP contribution in [0.3, 0.4) is 0 Å². The Morgan fingerprint density at radius 1 is 1.06 bits per heavy atom. The Morgan fingerprint density at radius 3 is 2.39 bits per heavy atom. The van der Waals surface area contributed by atoms with Crippen LogP contribution in [-0.4, -0.2) is 86.6 Å². The van der Waals surface area contributed by atoms with E-state index in [1.165, 1.54) is 25.9 Å². The standard InChI is InChI=1S/C13H26N4O/c1-15-8-10-17(11-9-15)13(18)12-14-4-7-16-5-2-3-6-16/h14H,2-12H2,1H3. The highest BCUT2D eigenvalue weighted by Crippen LogP contribution is 2.05. The summed E-state index contributed by atoms with van der Waals surface area (Å²) in [5.74, 6) is 0.254. The molecule has 18 heavy (non-hydrogen) atoms. The highest BCUT2D eigenvalue weighted by molar-refractivity contribution is 5.78. The van der Waals surface area contributed by atoms with Crippen molar-refractivity contribution >= 4 is 5.91 Å². The van der Waals surface area contributed by atoms with Crippen molar-refractivity contribution in [1.29, 1.82) is 0 Å². The molecule has 5 nitrogen and oxygen atoms in total. The second-order valence-corrected chi connectivity index (χ2v) is 5.41. The maximum atomic E-state index is 11.9. The van der Waals surface area contributed by atoms with Crippen LogP contribution < -0.4 is 5.32 Å². The van der Waals surface area contributed by atoms with Gasteiger partial charge in [-0.05, 0) is 33.0 Å². The van der Waals surface area contributed by atoms with Crippen LogP contribution in [0.5, 0.6) is 0 Å². The minimum absolute atomic E-state index is 0.254. The molecule has 1 N–H and O–H groups in total. The fourth-order valence-corrected chi connectivity index (χ4v) is 2.61. The Labute approximate surface area is 110 Å². The molecule has 0 bridgehead atoms. The summed E-state index contributed by atoms with van der Waals surface area (Å²) in [7, 11) is 2.11. The molecule has 2 aliphatic rings. The number of hydrogen-bond acceptors (Lipinski definition) is 4. The van der Waals surface area contributed by atoms with E-state index in [1.807, 2.05) is 4.90 Å². The van der Waals surface area contributed by atoms with Gasteiger partial charge < -0.3 is 20.0 Å². The third kappa shape index (κ3) is 4.23. The molecule has 2 aliphatic heterocycles. The molecule has 0 aromatic carbocycles. The maximum absolute atomic E-state index is 11.9. The smallest absolute Gasteiger partial charge is 0.236 e. The number of hydrogen-bond donors (Lipinski definition) is 1. The van der Waals surface area contributed by atoms with Crippen molar-refractivity contribution in [1.82, 2.24) is 20.0 Å². The lowest BCUT2D eigenvalue weighted by Gasteiger charge is -2.32. The van der Waals surface area contributed by atoms with Gasteiger partial charge in [0.2, 0.25) is 5.91 Å². The van der Waals surface area contributed by atoms with Crippen molar-refractivity contribution < 1.29 is 4.79 Å². The second-order valence-electron chi connectivity index (χ2n) is 5.41. The number of nitrogens with one attached hydrogen (secondary N) is 1. The molecule has 0 saturated carbocycles. The van der Waals surface area contributed by atoms with Crippen molar-refractivity contribution in [2.75, 3.05) is 66.0 Å². The van der Waals surface area contributed by atoms with Crippen molar-refractivity contribution in [3.8, 4) is 0 Å². The quantitative estimate of drug-likeness (QED) is 0.668. The zero-order valence-electron chi connectivity index (χ0n) is 11.5. The Morgan fingerprint density at radius 2 is 1.72 bits per heavy atom. The van der Waals surface area contributed by atoms with Crippen LogP contribution in [0, 0.1) is 0 Å². The number of piperazine rings is 1. The van der Waals surface area contributed by atoms with Crippen molar-refractivity contribution in [3.05, 3.63) is 0 Å². The van der Waals surface area contributed by atoms with E-state index in [2.05, 4.69) is 22.2 Å². The van der Waals surface area contributed by atoms with Gasteiger partial charge in [0.15, 0.2) is 0 Å². The van der Waals surface area contributed by atoms with Gasteiger partial charge in [-0.15, -0.1) is 0 Å². The van der Waals surface area contributed by atoms with Crippen molar-refractivity contribution in [3.63, 3.8) is 0 Å². The first-order valence-corrected chi connectivity index (χ1v) is 7.15. The first-order chi connectivity index (χ1) is 8.75. The van der Waals surface area contributed by atoms with E-state index in [4.69, 9.17) is 0 Å². The number of likely N-dealkylation sites (N-methyl/N-ethyl adjacent to an activating group) is 1. The summed E-state index contributed by atoms with van der Waals surface area (Å²) in [6.07, 6.45) is 2.67. The molecule has 104 valence electrons. The summed E-state index contributed by atoms with van der Waals surface area (Å²) >= 11 is 0. The third-order valence-corrected chi connectivity index (χ3v) is 3.94. The van der Waals surface area contributed by atoms with E-state index in [-0.39, 0.29) is 5.91 Å². The van der Waals surface area contributed by atoms with Crippen LogP contribution in [0.25, 0.3) is 0 Å². The van der Waals surface area contributed by atoms with Crippen LogP contribution in [0.15, 0.2) is 0 Å². The van der Waals surface area contributed by atoms with Gasteiger partial charge in [-0.25, -0.2) is 0 Å². The van der Waals surface area contributed by atoms with Crippen LogP contribution in [0.1, 0.15) is 12.8 Å². The number of nitrogens with zero attached hydrogens (tertiary/aromatic N) is 3. The fourth-order valence-electron chi connectivity index (χ4n) is 2.61. The predicted molar refractivity (Wildman–Crippen MR) is 72.6 cm³/mol. The minimum atomic E-state index is 0.254. The number of likely N-dealkylation sites (tertiary alicyclic amines) is 1. The third-order valence-electron chi connectivity index (χ3n) is 3.94. The van der Waals surface area contributed by atoms with Crippen LogP contribution >= 0.6 is 0 Å². The molecule has 2 rings (SSSR count). The van der Waals surface area contributed by atoms with Gasteiger partial charge >= 0.3 is 0 Å². The molecule has 0 unspecified atom stereocenters. The van der Waals surface area contributed by atoms with E-state index in [0.717, 1.165) is 39.3 Å². The number of carbonyl (C=O) groups excluding carboxylic acids is 1. The summed E-state index contributed by atoms with van der Waals surface area (Å²) in [4.78, 5) is 18.6. The van der Waals surface area contributed by atoms with E-state index in [1.54, 1.807) is 0 Å². The highest BCUT2D eigenvalue weighted by atomic mass is 16.2. The van der Waals surface area contributed by atoms with E-state index < -0.39 is 0 Å². The molecule has 0 atom stereocenters. The number of carbonyl (C=O) groups is 1. The molecule has 2 fully saturated rings. The molecule has 5 heteroatoms. The summed E-state index contributed by atoms with van der Waals surface area (Å²) in [5.41, 5.74) is 0. The maximum Gasteiger partial charge on any atom is 0.236 e. The second kappa shape index (κ2) is 7.07.